The highest BCUT2D eigenvalue weighted by molar-refractivity contribution is 5.78. The molecule has 0 unspecified atom stereocenters. The first-order valence-corrected chi connectivity index (χ1v) is 6.22. The third-order valence-corrected chi connectivity index (χ3v) is 2.64. The summed E-state index contributed by atoms with van der Waals surface area (Å²) in [4.78, 5) is 22.3. The second-order valence-electron chi connectivity index (χ2n) is 4.31. The number of rotatable bonds is 5. The summed E-state index contributed by atoms with van der Waals surface area (Å²) in [7, 11) is 0. The van der Waals surface area contributed by atoms with E-state index in [1.54, 1.807) is 24.3 Å². The topological polar surface area (TPSA) is 65.1 Å². The monoisotopic (exact) mass is 264 g/mol. The minimum atomic E-state index is -0.508. The summed E-state index contributed by atoms with van der Waals surface area (Å²) in [6.45, 7) is 3.70. The van der Waals surface area contributed by atoms with E-state index in [1.165, 1.54) is 6.92 Å². The molecule has 1 fully saturated rings. The van der Waals surface area contributed by atoms with E-state index in [0.29, 0.717) is 12.4 Å². The van der Waals surface area contributed by atoms with Gasteiger partial charge in [-0.3, -0.25) is 4.79 Å². The Labute approximate surface area is 111 Å². The molecular weight excluding hydrogens is 248 g/mol. The Balaban J connectivity index is 1.90. The SMILES string of the molecule is CCCOC(=O)[C@@H]1O[C@H]1c1ccc(OC(C)=O)cc1. The number of esters is 2. The van der Waals surface area contributed by atoms with E-state index in [9.17, 15) is 9.59 Å². The lowest BCUT2D eigenvalue weighted by atomic mass is 10.1. The maximum atomic E-state index is 11.5. The Kier molecular flexibility index (Phi) is 4.16. The smallest absolute Gasteiger partial charge is 0.338 e. The molecule has 1 aromatic carbocycles. The summed E-state index contributed by atoms with van der Waals surface area (Å²) in [6.07, 6.45) is 0.0297. The normalized spacial score (nSPS) is 20.7. The van der Waals surface area contributed by atoms with Gasteiger partial charge in [0.15, 0.2) is 6.10 Å². The summed E-state index contributed by atoms with van der Waals surface area (Å²) in [5.41, 5.74) is 0.870. The van der Waals surface area contributed by atoms with Crippen molar-refractivity contribution in [1.29, 1.82) is 0 Å². The van der Waals surface area contributed by atoms with E-state index in [2.05, 4.69) is 0 Å². The lowest BCUT2D eigenvalue weighted by molar-refractivity contribution is -0.145. The van der Waals surface area contributed by atoms with Crippen LogP contribution >= 0.6 is 0 Å². The fourth-order valence-corrected chi connectivity index (χ4v) is 1.72. The van der Waals surface area contributed by atoms with Crippen molar-refractivity contribution >= 4 is 11.9 Å². The average molecular weight is 264 g/mol. The molecule has 0 radical (unpaired) electrons. The van der Waals surface area contributed by atoms with Crippen molar-refractivity contribution in [2.75, 3.05) is 6.61 Å². The number of hydrogen-bond acceptors (Lipinski definition) is 5. The number of epoxide rings is 1. The first-order valence-electron chi connectivity index (χ1n) is 6.22. The summed E-state index contributed by atoms with van der Waals surface area (Å²) in [5, 5.41) is 0. The van der Waals surface area contributed by atoms with Crippen LogP contribution in [-0.4, -0.2) is 24.6 Å². The molecule has 1 aromatic rings. The van der Waals surface area contributed by atoms with E-state index in [-0.39, 0.29) is 18.0 Å². The minimum absolute atomic E-state index is 0.254. The summed E-state index contributed by atoms with van der Waals surface area (Å²) < 4.78 is 15.2. The average Bonchev–Trinajstić information content (AvgIpc) is 3.16. The van der Waals surface area contributed by atoms with Crippen LogP contribution in [0.5, 0.6) is 5.75 Å². The minimum Gasteiger partial charge on any atom is -0.464 e. The predicted octanol–water partition coefficient (Wildman–Crippen LogP) is 2.00. The molecule has 5 nitrogen and oxygen atoms in total. The Bertz CT molecular complexity index is 465. The van der Waals surface area contributed by atoms with Crippen LogP contribution in [0.15, 0.2) is 24.3 Å². The first kappa shape index (κ1) is 13.5. The van der Waals surface area contributed by atoms with E-state index in [1.807, 2.05) is 6.92 Å². The van der Waals surface area contributed by atoms with Gasteiger partial charge in [0.05, 0.1) is 6.61 Å². The van der Waals surface area contributed by atoms with Crippen molar-refractivity contribution < 1.29 is 23.8 Å². The standard InChI is InChI=1S/C14H16O5/c1-3-8-17-14(16)13-12(19-13)10-4-6-11(7-5-10)18-9(2)15/h4-7,12-13H,3,8H2,1-2H3/t12-,13+/m0/s1. The van der Waals surface area contributed by atoms with Crippen molar-refractivity contribution in [2.45, 2.75) is 32.5 Å². The summed E-state index contributed by atoms with van der Waals surface area (Å²) in [6, 6.07) is 6.89. The number of carbonyl (C=O) groups excluding carboxylic acids is 2. The molecule has 0 bridgehead atoms. The Morgan fingerprint density at radius 3 is 2.53 bits per heavy atom. The molecule has 0 amide bonds. The van der Waals surface area contributed by atoms with E-state index >= 15 is 0 Å². The van der Waals surface area contributed by atoms with Crippen LogP contribution in [0.4, 0.5) is 0 Å². The molecule has 2 rings (SSSR count). The highest BCUT2D eigenvalue weighted by atomic mass is 16.6. The fraction of sp³-hybridized carbons (Fsp3) is 0.429. The van der Waals surface area contributed by atoms with Crippen LogP contribution in [0.25, 0.3) is 0 Å². The molecule has 0 spiro atoms. The van der Waals surface area contributed by atoms with Crippen LogP contribution in [0.2, 0.25) is 0 Å². The largest absolute Gasteiger partial charge is 0.464 e. The number of hydrogen-bond donors (Lipinski definition) is 0. The molecular formula is C14H16O5. The maximum absolute atomic E-state index is 11.5. The highest BCUT2D eigenvalue weighted by Crippen LogP contribution is 2.39. The second-order valence-corrected chi connectivity index (χ2v) is 4.31. The molecule has 5 heteroatoms. The van der Waals surface area contributed by atoms with Crippen molar-refractivity contribution in [3.05, 3.63) is 29.8 Å². The predicted molar refractivity (Wildman–Crippen MR) is 66.6 cm³/mol. The van der Waals surface area contributed by atoms with Crippen LogP contribution in [-0.2, 0) is 19.1 Å². The van der Waals surface area contributed by atoms with Gasteiger partial charge in [-0.05, 0) is 24.1 Å². The Morgan fingerprint density at radius 2 is 1.95 bits per heavy atom. The summed E-state index contributed by atoms with van der Waals surface area (Å²) >= 11 is 0. The second kappa shape index (κ2) is 5.84. The number of benzene rings is 1. The molecule has 0 saturated carbocycles. The van der Waals surface area contributed by atoms with Gasteiger partial charge in [0, 0.05) is 6.92 Å². The number of carbonyl (C=O) groups is 2. The highest BCUT2D eigenvalue weighted by Gasteiger charge is 2.47. The van der Waals surface area contributed by atoms with Gasteiger partial charge in [-0.1, -0.05) is 19.1 Å². The lowest BCUT2D eigenvalue weighted by Crippen LogP contribution is -2.12. The molecule has 1 aliphatic rings. The van der Waals surface area contributed by atoms with E-state index < -0.39 is 6.10 Å². The molecule has 1 aliphatic heterocycles. The van der Waals surface area contributed by atoms with Crippen LogP contribution in [0.1, 0.15) is 31.9 Å². The molecule has 0 aromatic heterocycles. The van der Waals surface area contributed by atoms with Crippen molar-refractivity contribution in [2.24, 2.45) is 0 Å². The van der Waals surface area contributed by atoms with Crippen LogP contribution in [0, 0.1) is 0 Å². The molecule has 102 valence electrons. The number of ether oxygens (including phenoxy) is 3. The van der Waals surface area contributed by atoms with Gasteiger partial charge < -0.3 is 14.2 Å². The lowest BCUT2D eigenvalue weighted by Gasteiger charge is -2.02. The third kappa shape index (κ3) is 3.54. The molecule has 1 heterocycles. The van der Waals surface area contributed by atoms with Gasteiger partial charge in [0.1, 0.15) is 11.9 Å². The first-order chi connectivity index (χ1) is 9.11. The molecule has 1 saturated heterocycles. The van der Waals surface area contributed by atoms with Gasteiger partial charge in [-0.15, -0.1) is 0 Å². The van der Waals surface area contributed by atoms with Crippen molar-refractivity contribution in [1.82, 2.24) is 0 Å². The Morgan fingerprint density at radius 1 is 1.26 bits per heavy atom. The zero-order chi connectivity index (χ0) is 13.8. The molecule has 2 atom stereocenters. The van der Waals surface area contributed by atoms with Crippen molar-refractivity contribution in [3.8, 4) is 5.75 Å². The van der Waals surface area contributed by atoms with E-state index in [4.69, 9.17) is 14.2 Å². The summed E-state index contributed by atoms with van der Waals surface area (Å²) in [5.74, 6) is -0.214. The van der Waals surface area contributed by atoms with Crippen LogP contribution in [0.3, 0.4) is 0 Å². The quantitative estimate of drug-likeness (QED) is 0.462. The third-order valence-electron chi connectivity index (χ3n) is 2.64. The van der Waals surface area contributed by atoms with Crippen molar-refractivity contribution in [3.63, 3.8) is 0 Å². The van der Waals surface area contributed by atoms with Gasteiger partial charge in [0.25, 0.3) is 0 Å². The maximum Gasteiger partial charge on any atom is 0.338 e. The van der Waals surface area contributed by atoms with Gasteiger partial charge in [-0.25, -0.2) is 4.79 Å². The van der Waals surface area contributed by atoms with Gasteiger partial charge in [0.2, 0.25) is 0 Å². The van der Waals surface area contributed by atoms with Gasteiger partial charge in [-0.2, -0.15) is 0 Å². The molecule has 19 heavy (non-hydrogen) atoms. The molecule has 0 aliphatic carbocycles. The zero-order valence-corrected chi connectivity index (χ0v) is 10.9. The zero-order valence-electron chi connectivity index (χ0n) is 10.9. The Hall–Kier alpha value is -1.88. The van der Waals surface area contributed by atoms with E-state index in [0.717, 1.165) is 12.0 Å². The fourth-order valence-electron chi connectivity index (χ4n) is 1.72. The van der Waals surface area contributed by atoms with Gasteiger partial charge >= 0.3 is 11.9 Å². The van der Waals surface area contributed by atoms with Crippen LogP contribution < -0.4 is 4.74 Å². The molecule has 0 N–H and O–H groups in total.